The van der Waals surface area contributed by atoms with Gasteiger partial charge in [0.25, 0.3) is 5.91 Å². The summed E-state index contributed by atoms with van der Waals surface area (Å²) in [5.74, 6) is 1.76. The molecular formula is C33H41N2O3+. The molecule has 0 spiro atoms. The third-order valence-corrected chi connectivity index (χ3v) is 9.84. The van der Waals surface area contributed by atoms with Crippen molar-refractivity contribution in [2.75, 3.05) is 40.9 Å². The van der Waals surface area contributed by atoms with Gasteiger partial charge in [-0.25, -0.2) is 0 Å². The van der Waals surface area contributed by atoms with E-state index < -0.39 is 0 Å². The second-order valence-electron chi connectivity index (χ2n) is 12.4. The van der Waals surface area contributed by atoms with Crippen LogP contribution in [0.3, 0.4) is 0 Å². The molecule has 1 aliphatic heterocycles. The van der Waals surface area contributed by atoms with Crippen molar-refractivity contribution in [2.45, 2.75) is 55.6 Å². The first-order chi connectivity index (χ1) is 18.4. The van der Waals surface area contributed by atoms with Crippen molar-refractivity contribution < 1.29 is 18.8 Å². The van der Waals surface area contributed by atoms with Crippen molar-refractivity contribution in [3.8, 4) is 5.75 Å². The summed E-state index contributed by atoms with van der Waals surface area (Å²) in [5.41, 5.74) is 1.55. The van der Waals surface area contributed by atoms with Gasteiger partial charge in [-0.2, -0.15) is 0 Å². The third-order valence-electron chi connectivity index (χ3n) is 9.84. The molecule has 0 radical (unpaired) electrons. The molecule has 0 aromatic heterocycles. The molecule has 5 heteroatoms. The molecule has 4 atom stereocenters. The minimum absolute atomic E-state index is 0.0108. The first-order valence-corrected chi connectivity index (χ1v) is 14.2. The van der Waals surface area contributed by atoms with Gasteiger partial charge < -0.3 is 19.3 Å². The lowest BCUT2D eigenvalue weighted by atomic mass is 9.54. The van der Waals surface area contributed by atoms with Gasteiger partial charge in [-0.05, 0) is 72.7 Å². The Hall–Kier alpha value is -2.89. The summed E-state index contributed by atoms with van der Waals surface area (Å²) in [6.45, 7) is 3.40. The number of ether oxygens (including phenoxy) is 2. The molecule has 2 saturated carbocycles. The number of quaternary nitrogens is 1. The highest BCUT2D eigenvalue weighted by Gasteiger charge is 2.63. The fourth-order valence-electron chi connectivity index (χ4n) is 7.68. The van der Waals surface area contributed by atoms with E-state index in [1.807, 2.05) is 43.5 Å². The van der Waals surface area contributed by atoms with Crippen molar-refractivity contribution in [3.05, 3.63) is 77.9 Å². The van der Waals surface area contributed by atoms with Crippen molar-refractivity contribution in [1.29, 1.82) is 0 Å². The van der Waals surface area contributed by atoms with Gasteiger partial charge >= 0.3 is 0 Å². The zero-order valence-electron chi connectivity index (χ0n) is 23.0. The fourth-order valence-corrected chi connectivity index (χ4v) is 7.68. The van der Waals surface area contributed by atoms with Crippen LogP contribution in [0.4, 0.5) is 0 Å². The average molecular weight is 514 g/mol. The number of benzene rings is 3. The molecule has 3 fully saturated rings. The van der Waals surface area contributed by atoms with Gasteiger partial charge in [0, 0.05) is 36.5 Å². The number of piperidine rings is 1. The summed E-state index contributed by atoms with van der Waals surface area (Å²) in [7, 11) is 6.08. The quantitative estimate of drug-likeness (QED) is 0.412. The van der Waals surface area contributed by atoms with E-state index in [9.17, 15) is 4.79 Å². The Morgan fingerprint density at radius 2 is 1.79 bits per heavy atom. The highest BCUT2D eigenvalue weighted by atomic mass is 16.5. The van der Waals surface area contributed by atoms with Gasteiger partial charge in [0.2, 0.25) is 0 Å². The van der Waals surface area contributed by atoms with E-state index in [0.29, 0.717) is 0 Å². The number of amides is 1. The van der Waals surface area contributed by atoms with Crippen LogP contribution in [0.2, 0.25) is 0 Å². The molecule has 3 aromatic rings. The van der Waals surface area contributed by atoms with Gasteiger partial charge in [0.05, 0.1) is 27.2 Å². The Labute approximate surface area is 226 Å². The molecule has 1 saturated heterocycles. The van der Waals surface area contributed by atoms with Gasteiger partial charge in [0.15, 0.2) is 0 Å². The van der Waals surface area contributed by atoms with E-state index in [1.165, 1.54) is 24.9 Å². The SMILES string of the molecule is COc1cccc([C@@]23CC[N@+](C)(CC4CC4)CC2(OC)CC[C@@H](NC(=O)c2ccc4ccccc4c2)C3)c1. The topological polar surface area (TPSA) is 47.6 Å². The summed E-state index contributed by atoms with van der Waals surface area (Å²) in [6, 6.07) is 22.9. The predicted molar refractivity (Wildman–Crippen MR) is 152 cm³/mol. The maximum Gasteiger partial charge on any atom is 0.251 e. The Bertz CT molecular complexity index is 1340. The second kappa shape index (κ2) is 9.69. The molecule has 0 bridgehead atoms. The minimum atomic E-state index is -0.272. The minimum Gasteiger partial charge on any atom is -0.497 e. The maximum atomic E-state index is 13.5. The maximum absolute atomic E-state index is 13.5. The van der Waals surface area contributed by atoms with Gasteiger partial charge in [0.1, 0.15) is 17.9 Å². The summed E-state index contributed by atoms with van der Waals surface area (Å²) in [6.07, 6.45) is 6.51. The molecule has 1 heterocycles. The highest BCUT2D eigenvalue weighted by Crippen LogP contribution is 2.55. The van der Waals surface area contributed by atoms with Gasteiger partial charge in [-0.1, -0.05) is 42.5 Å². The Kier molecular flexibility index (Phi) is 6.48. The summed E-state index contributed by atoms with van der Waals surface area (Å²) in [4.78, 5) is 13.5. The summed E-state index contributed by atoms with van der Waals surface area (Å²) in [5, 5.41) is 5.67. The van der Waals surface area contributed by atoms with Gasteiger partial charge in [-0.15, -0.1) is 0 Å². The van der Waals surface area contributed by atoms with E-state index in [-0.39, 0.29) is 23.0 Å². The van der Waals surface area contributed by atoms with E-state index in [0.717, 1.165) is 71.3 Å². The van der Waals surface area contributed by atoms with Crippen molar-refractivity contribution in [3.63, 3.8) is 0 Å². The molecule has 3 aromatic carbocycles. The number of carbonyl (C=O) groups excluding carboxylic acids is 1. The van der Waals surface area contributed by atoms with Crippen LogP contribution in [-0.4, -0.2) is 62.9 Å². The average Bonchev–Trinajstić information content (AvgIpc) is 3.76. The summed E-state index contributed by atoms with van der Waals surface area (Å²) >= 11 is 0. The van der Waals surface area contributed by atoms with Crippen LogP contribution in [0.25, 0.3) is 10.8 Å². The summed E-state index contributed by atoms with van der Waals surface area (Å²) < 4.78 is 13.4. The molecule has 1 unspecified atom stereocenters. The van der Waals surface area contributed by atoms with Gasteiger partial charge in [-0.3, -0.25) is 4.79 Å². The Morgan fingerprint density at radius 1 is 0.974 bits per heavy atom. The number of rotatable bonds is 7. The zero-order chi connectivity index (χ0) is 26.4. The van der Waals surface area contributed by atoms with Crippen LogP contribution in [0, 0.1) is 5.92 Å². The van der Waals surface area contributed by atoms with Crippen LogP contribution in [0.15, 0.2) is 66.7 Å². The highest BCUT2D eigenvalue weighted by molar-refractivity contribution is 5.98. The number of fused-ring (bicyclic) bond motifs is 2. The van der Waals surface area contributed by atoms with Crippen LogP contribution in [0.5, 0.6) is 5.75 Å². The van der Waals surface area contributed by atoms with E-state index in [2.05, 4.69) is 42.7 Å². The molecule has 5 nitrogen and oxygen atoms in total. The van der Waals surface area contributed by atoms with Crippen LogP contribution in [-0.2, 0) is 10.2 Å². The smallest absolute Gasteiger partial charge is 0.251 e. The standard InChI is InChI=1S/C33H40N2O3/c1-35(22-24-11-12-24)18-17-32(28-9-6-10-30(20-28)37-2)21-29(15-16-33(32,23-35)38-3)34-31(36)27-14-13-25-7-4-5-8-26(25)19-27/h4-10,13-14,19-20,24,29H,11-12,15-18,21-23H2,1-3H3/p+1/t29-,32+,33?,35-/m1/s1. The molecule has 2 aliphatic carbocycles. The molecule has 200 valence electrons. The number of likely N-dealkylation sites (tertiary alicyclic amines) is 1. The largest absolute Gasteiger partial charge is 0.497 e. The Morgan fingerprint density at radius 3 is 2.55 bits per heavy atom. The van der Waals surface area contributed by atoms with E-state index in [4.69, 9.17) is 9.47 Å². The lowest BCUT2D eigenvalue weighted by Crippen LogP contribution is -2.72. The first kappa shape index (κ1) is 25.4. The number of nitrogens with one attached hydrogen (secondary N) is 1. The van der Waals surface area contributed by atoms with Crippen molar-refractivity contribution in [2.24, 2.45) is 5.92 Å². The molecule has 38 heavy (non-hydrogen) atoms. The first-order valence-electron chi connectivity index (χ1n) is 14.2. The van der Waals surface area contributed by atoms with E-state index in [1.54, 1.807) is 7.11 Å². The molecule has 1 N–H and O–H groups in total. The van der Waals surface area contributed by atoms with Crippen molar-refractivity contribution >= 4 is 16.7 Å². The lowest BCUT2D eigenvalue weighted by molar-refractivity contribution is -0.925. The Balaban J connectivity index is 1.31. The number of hydrogen-bond acceptors (Lipinski definition) is 3. The molecule has 1 amide bonds. The third kappa shape index (κ3) is 4.50. The van der Waals surface area contributed by atoms with Crippen LogP contribution >= 0.6 is 0 Å². The molecule has 3 aliphatic rings. The zero-order valence-corrected chi connectivity index (χ0v) is 23.0. The molecule has 6 rings (SSSR count). The number of nitrogens with zero attached hydrogens (tertiary/aromatic N) is 1. The molecular weight excluding hydrogens is 472 g/mol. The lowest BCUT2D eigenvalue weighted by Gasteiger charge is -2.61. The fraction of sp³-hybridized carbons (Fsp3) is 0.485. The number of hydrogen-bond donors (Lipinski definition) is 1. The monoisotopic (exact) mass is 513 g/mol. The van der Waals surface area contributed by atoms with Crippen LogP contribution < -0.4 is 10.1 Å². The second-order valence-corrected chi connectivity index (χ2v) is 12.4. The van der Waals surface area contributed by atoms with Crippen LogP contribution in [0.1, 0.15) is 54.4 Å². The number of methoxy groups -OCH3 is 2. The van der Waals surface area contributed by atoms with E-state index >= 15 is 0 Å². The number of likely N-dealkylation sites (N-methyl/N-ethyl adjacent to an activating group) is 1. The van der Waals surface area contributed by atoms with Crippen molar-refractivity contribution in [1.82, 2.24) is 5.32 Å². The number of carbonyl (C=O) groups is 1. The normalized spacial score (nSPS) is 31.0. The predicted octanol–water partition coefficient (Wildman–Crippen LogP) is 5.71.